The molecular weight excluding hydrogens is 380 g/mol. The molecular formula is C21H21ClN2O2S. The van der Waals surface area contributed by atoms with Crippen LogP contribution < -0.4 is 5.32 Å². The first kappa shape index (κ1) is 19.4. The van der Waals surface area contributed by atoms with Crippen LogP contribution in [0, 0.1) is 13.8 Å². The van der Waals surface area contributed by atoms with E-state index in [-0.39, 0.29) is 23.1 Å². The van der Waals surface area contributed by atoms with Gasteiger partial charge in [0, 0.05) is 23.2 Å². The van der Waals surface area contributed by atoms with Gasteiger partial charge in [0.2, 0.25) is 5.91 Å². The molecule has 0 atom stereocenters. The van der Waals surface area contributed by atoms with Crippen LogP contribution in [0.2, 0.25) is 5.02 Å². The van der Waals surface area contributed by atoms with Gasteiger partial charge in [-0.2, -0.15) is 0 Å². The second-order valence-corrected chi connectivity index (χ2v) is 7.32. The van der Waals surface area contributed by atoms with Crippen LogP contribution in [-0.4, -0.2) is 27.1 Å². The van der Waals surface area contributed by atoms with Crippen molar-refractivity contribution in [2.24, 2.45) is 0 Å². The van der Waals surface area contributed by atoms with Crippen LogP contribution in [0.15, 0.2) is 36.4 Å². The highest BCUT2D eigenvalue weighted by Gasteiger charge is 2.21. The molecule has 1 aromatic heterocycles. The van der Waals surface area contributed by atoms with Gasteiger partial charge in [-0.25, -0.2) is 0 Å². The summed E-state index contributed by atoms with van der Waals surface area (Å²) in [7, 11) is 0. The van der Waals surface area contributed by atoms with Gasteiger partial charge in [0.05, 0.1) is 17.0 Å². The van der Waals surface area contributed by atoms with Gasteiger partial charge >= 0.3 is 0 Å². The SMILES string of the molecule is CCNC(=O)Cc1c(C)n(C(=S)c2ccc(C)cc2)c2cc(Cl)c(O)cc12. The fraction of sp³-hybridized carbons (Fsp3) is 0.238. The quantitative estimate of drug-likeness (QED) is 0.633. The van der Waals surface area contributed by atoms with E-state index in [4.69, 9.17) is 23.8 Å². The van der Waals surface area contributed by atoms with Crippen molar-refractivity contribution in [3.63, 3.8) is 0 Å². The third kappa shape index (κ3) is 3.70. The molecule has 0 fully saturated rings. The Bertz CT molecular complexity index is 1040. The standard InChI is InChI=1S/C21H21ClN2O2S/c1-4-23-20(26)10-15-13(3)24(18-11-17(22)19(25)9-16(15)18)21(27)14-7-5-12(2)6-8-14/h5-9,11,25H,4,10H2,1-3H3,(H,23,26). The second kappa shape index (κ2) is 7.71. The van der Waals surface area contributed by atoms with Gasteiger partial charge in [-0.1, -0.05) is 53.6 Å². The Labute approximate surface area is 168 Å². The number of halogens is 1. The molecule has 0 saturated heterocycles. The van der Waals surface area contributed by atoms with Crippen LogP contribution in [0.3, 0.4) is 0 Å². The maximum absolute atomic E-state index is 12.2. The Morgan fingerprint density at radius 1 is 1.22 bits per heavy atom. The number of likely N-dealkylation sites (N-methyl/N-ethyl adjacent to an activating group) is 1. The number of aromatic hydroxyl groups is 1. The highest BCUT2D eigenvalue weighted by atomic mass is 35.5. The van der Waals surface area contributed by atoms with Crippen LogP contribution >= 0.6 is 23.8 Å². The van der Waals surface area contributed by atoms with Crippen molar-refractivity contribution >= 4 is 45.6 Å². The van der Waals surface area contributed by atoms with Gasteiger partial charge in [-0.3, -0.25) is 4.79 Å². The number of hydrogen-bond acceptors (Lipinski definition) is 3. The van der Waals surface area contributed by atoms with Crippen LogP contribution in [0.5, 0.6) is 5.75 Å². The van der Waals surface area contributed by atoms with Gasteiger partial charge < -0.3 is 15.0 Å². The summed E-state index contributed by atoms with van der Waals surface area (Å²) in [5, 5.41) is 13.9. The molecule has 140 valence electrons. The fourth-order valence-electron chi connectivity index (χ4n) is 3.22. The summed E-state index contributed by atoms with van der Waals surface area (Å²) in [4.78, 5) is 12.8. The number of nitrogens with zero attached hydrogens (tertiary/aromatic N) is 1. The number of benzene rings is 2. The Balaban J connectivity index is 2.21. The molecule has 4 nitrogen and oxygen atoms in total. The lowest BCUT2D eigenvalue weighted by atomic mass is 10.1. The minimum atomic E-state index is -0.0738. The van der Waals surface area contributed by atoms with E-state index >= 15 is 0 Å². The predicted molar refractivity (Wildman–Crippen MR) is 114 cm³/mol. The Kier molecular flexibility index (Phi) is 5.53. The van der Waals surface area contributed by atoms with Gasteiger partial charge in [0.1, 0.15) is 10.7 Å². The summed E-state index contributed by atoms with van der Waals surface area (Å²) in [6.45, 7) is 6.40. The Hall–Kier alpha value is -2.37. The number of aromatic nitrogens is 1. The van der Waals surface area contributed by atoms with Crippen molar-refractivity contribution in [2.75, 3.05) is 6.54 Å². The minimum Gasteiger partial charge on any atom is -0.506 e. The number of thiocarbonyl (C=S) groups is 1. The molecule has 0 aliphatic rings. The average Bonchev–Trinajstić information content (AvgIpc) is 2.87. The number of rotatable bonds is 4. The lowest BCUT2D eigenvalue weighted by molar-refractivity contribution is -0.120. The zero-order valence-electron chi connectivity index (χ0n) is 15.5. The number of carbonyl (C=O) groups excluding carboxylic acids is 1. The first-order valence-corrected chi connectivity index (χ1v) is 9.52. The number of aryl methyl sites for hydroxylation is 1. The molecule has 0 aliphatic heterocycles. The monoisotopic (exact) mass is 400 g/mol. The van der Waals surface area contributed by atoms with Crippen molar-refractivity contribution in [3.8, 4) is 5.75 Å². The molecule has 0 saturated carbocycles. The molecule has 0 spiro atoms. The average molecular weight is 401 g/mol. The normalized spacial score (nSPS) is 11.0. The third-order valence-electron chi connectivity index (χ3n) is 4.62. The Morgan fingerprint density at radius 2 is 1.89 bits per heavy atom. The van der Waals surface area contributed by atoms with Crippen molar-refractivity contribution in [2.45, 2.75) is 27.2 Å². The number of hydrogen-bond donors (Lipinski definition) is 2. The third-order valence-corrected chi connectivity index (χ3v) is 5.34. The molecule has 3 aromatic rings. The smallest absolute Gasteiger partial charge is 0.224 e. The summed E-state index contributed by atoms with van der Waals surface area (Å²) in [5.74, 6) is -0.0879. The second-order valence-electron chi connectivity index (χ2n) is 6.52. The zero-order valence-corrected chi connectivity index (χ0v) is 17.0. The summed E-state index contributed by atoms with van der Waals surface area (Å²) < 4.78 is 1.93. The number of fused-ring (bicyclic) bond motifs is 1. The van der Waals surface area contributed by atoms with Crippen molar-refractivity contribution in [1.82, 2.24) is 9.88 Å². The molecule has 2 N–H and O–H groups in total. The van der Waals surface area contributed by atoms with E-state index in [1.54, 1.807) is 12.1 Å². The first-order valence-electron chi connectivity index (χ1n) is 8.74. The van der Waals surface area contributed by atoms with E-state index in [0.29, 0.717) is 11.5 Å². The maximum Gasteiger partial charge on any atom is 0.224 e. The number of nitrogens with one attached hydrogen (secondary N) is 1. The van der Waals surface area contributed by atoms with E-state index in [1.807, 2.05) is 49.6 Å². The topological polar surface area (TPSA) is 54.3 Å². The minimum absolute atomic E-state index is 0.0141. The highest BCUT2D eigenvalue weighted by molar-refractivity contribution is 7.80. The van der Waals surface area contributed by atoms with Crippen molar-refractivity contribution < 1.29 is 9.90 Å². The largest absolute Gasteiger partial charge is 0.506 e. The van der Waals surface area contributed by atoms with Crippen LogP contribution in [0.4, 0.5) is 0 Å². The highest BCUT2D eigenvalue weighted by Crippen LogP contribution is 2.35. The van der Waals surface area contributed by atoms with E-state index in [0.717, 1.165) is 33.3 Å². The molecule has 3 rings (SSSR count). The lowest BCUT2D eigenvalue weighted by Gasteiger charge is -2.11. The van der Waals surface area contributed by atoms with Gasteiger partial charge in [0.15, 0.2) is 0 Å². The predicted octanol–water partition coefficient (Wildman–Crippen LogP) is 4.52. The molecule has 0 unspecified atom stereocenters. The number of amides is 1. The van der Waals surface area contributed by atoms with Crippen molar-refractivity contribution in [3.05, 3.63) is 63.8 Å². The molecule has 0 radical (unpaired) electrons. The molecule has 1 amide bonds. The van der Waals surface area contributed by atoms with Gasteiger partial charge in [-0.05, 0) is 38.5 Å². The summed E-state index contributed by atoms with van der Waals surface area (Å²) >= 11 is 11.9. The zero-order chi connectivity index (χ0) is 19.7. The van der Waals surface area contributed by atoms with E-state index in [2.05, 4.69) is 5.32 Å². The summed E-state index contributed by atoms with van der Waals surface area (Å²) in [6.07, 6.45) is 0.209. The van der Waals surface area contributed by atoms with Crippen molar-refractivity contribution in [1.29, 1.82) is 0 Å². The van der Waals surface area contributed by atoms with E-state index in [1.165, 1.54) is 0 Å². The van der Waals surface area contributed by atoms with E-state index < -0.39 is 0 Å². The van der Waals surface area contributed by atoms with Crippen LogP contribution in [-0.2, 0) is 11.2 Å². The lowest BCUT2D eigenvalue weighted by Crippen LogP contribution is -2.24. The maximum atomic E-state index is 12.2. The Morgan fingerprint density at radius 3 is 2.52 bits per heavy atom. The molecule has 0 aliphatic carbocycles. The van der Waals surface area contributed by atoms with E-state index in [9.17, 15) is 9.90 Å². The molecule has 2 aromatic carbocycles. The molecule has 0 bridgehead atoms. The van der Waals surface area contributed by atoms with Gasteiger partial charge in [-0.15, -0.1) is 0 Å². The molecule has 27 heavy (non-hydrogen) atoms. The number of carbonyl (C=O) groups is 1. The summed E-state index contributed by atoms with van der Waals surface area (Å²) in [6, 6.07) is 11.3. The molecule has 6 heteroatoms. The first-order chi connectivity index (χ1) is 12.8. The molecule has 1 heterocycles. The fourth-order valence-corrected chi connectivity index (χ4v) is 3.75. The number of phenols is 1. The van der Waals surface area contributed by atoms with Crippen LogP contribution in [0.1, 0.15) is 29.3 Å². The summed E-state index contributed by atoms with van der Waals surface area (Å²) in [5.41, 5.74) is 4.53. The van der Waals surface area contributed by atoms with Crippen LogP contribution in [0.25, 0.3) is 10.9 Å². The van der Waals surface area contributed by atoms with Gasteiger partial charge in [0.25, 0.3) is 0 Å². The number of phenolic OH excluding ortho intramolecular Hbond substituents is 1.